The Morgan fingerprint density at radius 2 is 2.05 bits per heavy atom. The molecule has 0 aliphatic carbocycles. The van der Waals surface area contributed by atoms with Crippen LogP contribution >= 0.6 is 11.6 Å². The van der Waals surface area contributed by atoms with E-state index in [0.717, 1.165) is 19.3 Å². The topological polar surface area (TPSA) is 89.3 Å². The number of hydrogen-bond acceptors (Lipinski definition) is 4. The van der Waals surface area contributed by atoms with Crippen molar-refractivity contribution in [2.75, 3.05) is 12.3 Å². The predicted molar refractivity (Wildman–Crippen MR) is 85.0 cm³/mol. The van der Waals surface area contributed by atoms with Crippen LogP contribution in [-0.4, -0.2) is 26.1 Å². The highest BCUT2D eigenvalue weighted by molar-refractivity contribution is 7.92. The Morgan fingerprint density at radius 1 is 1.38 bits per heavy atom. The fourth-order valence-electron chi connectivity index (χ4n) is 1.76. The first-order valence-electron chi connectivity index (χ1n) is 6.87. The molecular weight excluding hydrogens is 312 g/mol. The van der Waals surface area contributed by atoms with Crippen molar-refractivity contribution in [2.24, 2.45) is 0 Å². The minimum atomic E-state index is -3.77. The summed E-state index contributed by atoms with van der Waals surface area (Å²) in [5, 5.41) is 1.63. The third-order valence-electron chi connectivity index (χ3n) is 3.21. The number of anilines is 1. The molecule has 0 saturated carbocycles. The highest BCUT2D eigenvalue weighted by atomic mass is 35.5. The molecule has 0 heterocycles. The maximum atomic E-state index is 12.4. The molecule has 0 spiro atoms. The van der Waals surface area contributed by atoms with Crippen molar-refractivity contribution in [3.05, 3.63) is 23.2 Å². The molecular formula is C14H21ClN2O3S. The van der Waals surface area contributed by atoms with Crippen LogP contribution in [0.1, 0.15) is 33.1 Å². The van der Waals surface area contributed by atoms with Crippen LogP contribution in [0.25, 0.3) is 0 Å². The van der Waals surface area contributed by atoms with Gasteiger partial charge in [0.05, 0.1) is 15.6 Å². The summed E-state index contributed by atoms with van der Waals surface area (Å²) in [6.45, 7) is 3.91. The number of amides is 1. The van der Waals surface area contributed by atoms with Gasteiger partial charge in [-0.1, -0.05) is 31.4 Å². The van der Waals surface area contributed by atoms with Gasteiger partial charge in [0, 0.05) is 6.54 Å². The maximum Gasteiger partial charge on any atom is 0.238 e. The summed E-state index contributed by atoms with van der Waals surface area (Å²) >= 11 is 5.83. The van der Waals surface area contributed by atoms with Crippen LogP contribution in [0.4, 0.5) is 5.69 Å². The number of nitrogen functional groups attached to an aromatic ring is 1. The van der Waals surface area contributed by atoms with Crippen LogP contribution in [0.2, 0.25) is 5.02 Å². The van der Waals surface area contributed by atoms with Crippen LogP contribution in [0.3, 0.4) is 0 Å². The second kappa shape index (κ2) is 7.66. The van der Waals surface area contributed by atoms with Gasteiger partial charge in [-0.15, -0.1) is 0 Å². The molecule has 0 bridgehead atoms. The van der Waals surface area contributed by atoms with Crippen LogP contribution in [0.5, 0.6) is 0 Å². The molecule has 0 radical (unpaired) electrons. The predicted octanol–water partition coefficient (Wildman–Crippen LogP) is 2.39. The summed E-state index contributed by atoms with van der Waals surface area (Å²) in [4.78, 5) is 11.9. The zero-order valence-electron chi connectivity index (χ0n) is 12.2. The van der Waals surface area contributed by atoms with Gasteiger partial charge in [-0.25, -0.2) is 8.42 Å². The first-order valence-corrected chi connectivity index (χ1v) is 8.79. The van der Waals surface area contributed by atoms with Gasteiger partial charge in [0.1, 0.15) is 5.25 Å². The molecule has 0 saturated heterocycles. The summed E-state index contributed by atoms with van der Waals surface area (Å²) in [6, 6.07) is 4.05. The Bertz CT molecular complexity index is 602. The fourth-order valence-corrected chi connectivity index (χ4v) is 3.32. The molecule has 1 amide bonds. The van der Waals surface area contributed by atoms with Crippen molar-refractivity contribution in [2.45, 2.75) is 43.3 Å². The van der Waals surface area contributed by atoms with Gasteiger partial charge in [-0.3, -0.25) is 4.79 Å². The van der Waals surface area contributed by atoms with E-state index in [0.29, 0.717) is 12.2 Å². The average molecular weight is 333 g/mol. The number of sulfone groups is 1. The Hall–Kier alpha value is -1.27. The van der Waals surface area contributed by atoms with Gasteiger partial charge in [0.2, 0.25) is 5.91 Å². The molecule has 1 aromatic carbocycles. The SMILES string of the molecule is CCCCCNC(=O)C(C)S(=O)(=O)c1ccc(N)c(Cl)c1. The van der Waals surface area contributed by atoms with Crippen LogP contribution in [0, 0.1) is 0 Å². The third-order valence-corrected chi connectivity index (χ3v) is 5.60. The lowest BCUT2D eigenvalue weighted by Crippen LogP contribution is -2.38. The van der Waals surface area contributed by atoms with Gasteiger partial charge >= 0.3 is 0 Å². The second-order valence-corrected chi connectivity index (χ2v) is 7.54. The van der Waals surface area contributed by atoms with E-state index in [2.05, 4.69) is 12.2 Å². The van der Waals surface area contributed by atoms with Gasteiger partial charge in [-0.05, 0) is 31.5 Å². The van der Waals surface area contributed by atoms with Crippen molar-refractivity contribution >= 4 is 33.0 Å². The summed E-state index contributed by atoms with van der Waals surface area (Å²) in [6.07, 6.45) is 2.87. The molecule has 0 aliphatic heterocycles. The molecule has 3 N–H and O–H groups in total. The first-order chi connectivity index (χ1) is 9.80. The Balaban J connectivity index is 2.81. The van der Waals surface area contributed by atoms with E-state index in [1.165, 1.54) is 25.1 Å². The standard InChI is InChI=1S/C14H21ClN2O3S/c1-3-4-5-8-17-14(18)10(2)21(19,20)11-6-7-13(16)12(15)9-11/h6-7,9-10H,3-5,8,16H2,1-2H3,(H,17,18). The summed E-state index contributed by atoms with van der Waals surface area (Å²) in [5.74, 6) is -0.501. The molecule has 1 unspecified atom stereocenters. The van der Waals surface area contributed by atoms with E-state index in [4.69, 9.17) is 17.3 Å². The fraction of sp³-hybridized carbons (Fsp3) is 0.500. The Kier molecular flexibility index (Phi) is 6.48. The van der Waals surface area contributed by atoms with Gasteiger partial charge in [0.15, 0.2) is 9.84 Å². The normalized spacial score (nSPS) is 12.9. The van der Waals surface area contributed by atoms with E-state index in [-0.39, 0.29) is 9.92 Å². The van der Waals surface area contributed by atoms with Crippen molar-refractivity contribution in [1.29, 1.82) is 0 Å². The monoisotopic (exact) mass is 332 g/mol. The van der Waals surface area contributed by atoms with Crippen molar-refractivity contribution in [3.63, 3.8) is 0 Å². The number of rotatable bonds is 7. The number of halogens is 1. The quantitative estimate of drug-likeness (QED) is 0.592. The van der Waals surface area contributed by atoms with Gasteiger partial charge in [0.25, 0.3) is 0 Å². The number of benzene rings is 1. The number of unbranched alkanes of at least 4 members (excludes halogenated alkanes) is 2. The highest BCUT2D eigenvalue weighted by Crippen LogP contribution is 2.25. The van der Waals surface area contributed by atoms with E-state index in [1.54, 1.807) is 0 Å². The van der Waals surface area contributed by atoms with Crippen molar-refractivity contribution in [1.82, 2.24) is 5.32 Å². The minimum absolute atomic E-state index is 0.00194. The van der Waals surface area contributed by atoms with E-state index >= 15 is 0 Å². The van der Waals surface area contributed by atoms with E-state index in [9.17, 15) is 13.2 Å². The summed E-state index contributed by atoms with van der Waals surface area (Å²) in [7, 11) is -3.77. The summed E-state index contributed by atoms with van der Waals surface area (Å²) < 4.78 is 24.7. The molecule has 0 aliphatic rings. The summed E-state index contributed by atoms with van der Waals surface area (Å²) in [5.41, 5.74) is 5.85. The largest absolute Gasteiger partial charge is 0.398 e. The molecule has 1 atom stereocenters. The third kappa shape index (κ3) is 4.61. The van der Waals surface area contributed by atoms with Crippen molar-refractivity contribution in [3.8, 4) is 0 Å². The lowest BCUT2D eigenvalue weighted by Gasteiger charge is -2.14. The van der Waals surface area contributed by atoms with Gasteiger partial charge < -0.3 is 11.1 Å². The molecule has 1 rings (SSSR count). The zero-order valence-corrected chi connectivity index (χ0v) is 13.8. The number of nitrogens with two attached hydrogens (primary N) is 1. The van der Waals surface area contributed by atoms with E-state index < -0.39 is 21.0 Å². The Morgan fingerprint density at radius 3 is 2.62 bits per heavy atom. The molecule has 0 fully saturated rings. The average Bonchev–Trinajstić information content (AvgIpc) is 2.45. The second-order valence-electron chi connectivity index (χ2n) is 4.87. The number of hydrogen-bond donors (Lipinski definition) is 2. The number of nitrogens with one attached hydrogen (secondary N) is 1. The minimum Gasteiger partial charge on any atom is -0.398 e. The number of carbonyl (C=O) groups excluding carboxylic acids is 1. The molecule has 7 heteroatoms. The molecule has 21 heavy (non-hydrogen) atoms. The van der Waals surface area contributed by atoms with E-state index in [1.807, 2.05) is 0 Å². The number of carbonyl (C=O) groups is 1. The van der Waals surface area contributed by atoms with Crippen LogP contribution < -0.4 is 11.1 Å². The van der Waals surface area contributed by atoms with Crippen LogP contribution in [-0.2, 0) is 14.6 Å². The van der Waals surface area contributed by atoms with Crippen molar-refractivity contribution < 1.29 is 13.2 Å². The molecule has 5 nitrogen and oxygen atoms in total. The van der Waals surface area contributed by atoms with Gasteiger partial charge in [-0.2, -0.15) is 0 Å². The first kappa shape index (κ1) is 17.8. The molecule has 1 aromatic rings. The lowest BCUT2D eigenvalue weighted by atomic mass is 10.2. The zero-order chi connectivity index (χ0) is 16.0. The highest BCUT2D eigenvalue weighted by Gasteiger charge is 2.29. The smallest absolute Gasteiger partial charge is 0.238 e. The lowest BCUT2D eigenvalue weighted by molar-refractivity contribution is -0.120. The van der Waals surface area contributed by atoms with Crippen LogP contribution in [0.15, 0.2) is 23.1 Å². The molecule has 118 valence electrons. The Labute approximate surface area is 130 Å². The molecule has 0 aromatic heterocycles. The maximum absolute atomic E-state index is 12.4.